The molecular weight excluding hydrogens is 304 g/mol. The normalized spacial score (nSPS) is 14.9. The lowest BCUT2D eigenvalue weighted by Crippen LogP contribution is -2.11. The van der Waals surface area contributed by atoms with Crippen LogP contribution in [0.5, 0.6) is 5.75 Å². The average molecular weight is 319 g/mol. The van der Waals surface area contributed by atoms with Crippen LogP contribution in [0, 0.1) is 5.92 Å². The largest absolute Gasteiger partial charge is 0.493 e. The van der Waals surface area contributed by atoms with Crippen molar-refractivity contribution in [2.24, 2.45) is 5.92 Å². The second-order valence-electron chi connectivity index (χ2n) is 4.57. The molecule has 1 aliphatic carbocycles. The van der Waals surface area contributed by atoms with Gasteiger partial charge in [-0.05, 0) is 43.9 Å². The second kappa shape index (κ2) is 6.01. The number of esters is 1. The van der Waals surface area contributed by atoms with Gasteiger partial charge < -0.3 is 9.47 Å². The van der Waals surface area contributed by atoms with Crippen LogP contribution in [0.1, 0.15) is 30.1 Å². The van der Waals surface area contributed by atoms with Crippen molar-refractivity contribution in [1.82, 2.24) is 0 Å². The third kappa shape index (κ3) is 3.86. The molecule has 1 aliphatic rings. The molecule has 0 aromatic heterocycles. The maximum atomic E-state index is 12.0. The van der Waals surface area contributed by atoms with Crippen molar-refractivity contribution >= 4 is 25.7 Å². The third-order valence-corrected chi connectivity index (χ3v) is 4.25. The maximum absolute atomic E-state index is 12.0. The van der Waals surface area contributed by atoms with E-state index < -0.39 is 15.0 Å². The summed E-state index contributed by atoms with van der Waals surface area (Å²) < 4.78 is 33.1. The smallest absolute Gasteiger partial charge is 0.341 e. The van der Waals surface area contributed by atoms with E-state index in [1.54, 1.807) is 6.92 Å². The van der Waals surface area contributed by atoms with Crippen LogP contribution >= 0.6 is 10.7 Å². The molecule has 1 aromatic rings. The van der Waals surface area contributed by atoms with Crippen molar-refractivity contribution in [3.8, 4) is 5.75 Å². The number of halogens is 1. The number of carbonyl (C=O) groups is 1. The molecule has 1 fully saturated rings. The van der Waals surface area contributed by atoms with Crippen molar-refractivity contribution in [3.63, 3.8) is 0 Å². The van der Waals surface area contributed by atoms with Gasteiger partial charge in [-0.25, -0.2) is 13.2 Å². The van der Waals surface area contributed by atoms with Crippen molar-refractivity contribution < 1.29 is 22.7 Å². The molecule has 1 saturated carbocycles. The fraction of sp³-hybridized carbons (Fsp3) is 0.462. The minimum atomic E-state index is -3.90. The Morgan fingerprint density at radius 1 is 1.40 bits per heavy atom. The predicted octanol–water partition coefficient (Wildman–Crippen LogP) is 2.58. The van der Waals surface area contributed by atoms with Crippen LogP contribution in [0.2, 0.25) is 0 Å². The molecule has 0 amide bonds. The first-order chi connectivity index (χ1) is 9.41. The van der Waals surface area contributed by atoms with Gasteiger partial charge in [-0.15, -0.1) is 0 Å². The SMILES string of the molecule is CCOc1ccc(S(=O)(=O)Cl)cc1C(=O)OCC1CC1. The van der Waals surface area contributed by atoms with Crippen molar-refractivity contribution in [2.75, 3.05) is 13.2 Å². The first-order valence-electron chi connectivity index (χ1n) is 6.30. The Labute approximate surface area is 122 Å². The maximum Gasteiger partial charge on any atom is 0.341 e. The van der Waals surface area contributed by atoms with Gasteiger partial charge in [-0.2, -0.15) is 0 Å². The lowest BCUT2D eigenvalue weighted by molar-refractivity contribution is 0.0481. The predicted molar refractivity (Wildman–Crippen MR) is 73.7 cm³/mol. The molecule has 0 radical (unpaired) electrons. The summed E-state index contributed by atoms with van der Waals surface area (Å²) in [5.74, 6) is 0.120. The molecule has 0 saturated heterocycles. The van der Waals surface area contributed by atoms with Crippen molar-refractivity contribution in [2.45, 2.75) is 24.7 Å². The van der Waals surface area contributed by atoms with Gasteiger partial charge in [0.15, 0.2) is 0 Å². The number of benzene rings is 1. The summed E-state index contributed by atoms with van der Waals surface area (Å²) in [6.07, 6.45) is 2.11. The first-order valence-corrected chi connectivity index (χ1v) is 8.61. The Kier molecular flexibility index (Phi) is 4.55. The summed E-state index contributed by atoms with van der Waals surface area (Å²) >= 11 is 0. The Hall–Kier alpha value is -1.27. The highest BCUT2D eigenvalue weighted by molar-refractivity contribution is 8.13. The number of carbonyl (C=O) groups excluding carboxylic acids is 1. The molecule has 0 bridgehead atoms. The number of ether oxygens (including phenoxy) is 2. The quantitative estimate of drug-likeness (QED) is 0.595. The Morgan fingerprint density at radius 3 is 2.65 bits per heavy atom. The third-order valence-electron chi connectivity index (χ3n) is 2.90. The van der Waals surface area contributed by atoms with Gasteiger partial charge in [0.1, 0.15) is 11.3 Å². The highest BCUT2D eigenvalue weighted by Crippen LogP contribution is 2.30. The van der Waals surface area contributed by atoms with E-state index in [-0.39, 0.29) is 16.2 Å². The highest BCUT2D eigenvalue weighted by atomic mass is 35.7. The lowest BCUT2D eigenvalue weighted by atomic mass is 10.2. The van der Waals surface area contributed by atoms with Crippen LogP contribution in [0.4, 0.5) is 0 Å². The van der Waals surface area contributed by atoms with Gasteiger partial charge in [-0.1, -0.05) is 0 Å². The number of hydrogen-bond donors (Lipinski definition) is 0. The van der Waals surface area contributed by atoms with E-state index in [1.807, 2.05) is 0 Å². The zero-order valence-electron chi connectivity index (χ0n) is 11.0. The molecule has 0 N–H and O–H groups in total. The summed E-state index contributed by atoms with van der Waals surface area (Å²) in [5, 5.41) is 0. The standard InChI is InChI=1S/C13H15ClO5S/c1-2-18-12-6-5-10(20(14,16)17)7-11(12)13(15)19-8-9-3-4-9/h5-7,9H,2-4,8H2,1H3. The summed E-state index contributed by atoms with van der Waals surface area (Å²) in [6, 6.07) is 3.89. The van der Waals surface area contributed by atoms with Crippen molar-refractivity contribution in [1.29, 1.82) is 0 Å². The summed E-state index contributed by atoms with van der Waals surface area (Å²) in [6.45, 7) is 2.48. The van der Waals surface area contributed by atoms with E-state index >= 15 is 0 Å². The molecular formula is C13H15ClO5S. The van der Waals surface area contributed by atoms with Crippen LogP contribution in [-0.4, -0.2) is 27.6 Å². The van der Waals surface area contributed by atoms with Crippen LogP contribution in [0.25, 0.3) is 0 Å². The summed E-state index contributed by atoms with van der Waals surface area (Å²) in [7, 11) is 1.38. The molecule has 1 aromatic carbocycles. The van der Waals surface area contributed by atoms with Crippen LogP contribution in [0.15, 0.2) is 23.1 Å². The fourth-order valence-electron chi connectivity index (χ4n) is 1.66. The van der Waals surface area contributed by atoms with E-state index in [2.05, 4.69) is 0 Å². The molecule has 0 spiro atoms. The van der Waals surface area contributed by atoms with Gasteiger partial charge in [-0.3, -0.25) is 0 Å². The molecule has 7 heteroatoms. The molecule has 5 nitrogen and oxygen atoms in total. The van der Waals surface area contributed by atoms with Gasteiger partial charge in [0.25, 0.3) is 9.05 Å². The second-order valence-corrected chi connectivity index (χ2v) is 7.14. The van der Waals surface area contributed by atoms with E-state index in [9.17, 15) is 13.2 Å². The zero-order valence-corrected chi connectivity index (χ0v) is 12.5. The Morgan fingerprint density at radius 2 is 2.10 bits per heavy atom. The van der Waals surface area contributed by atoms with Gasteiger partial charge >= 0.3 is 5.97 Å². The molecule has 0 unspecified atom stereocenters. The molecule has 0 heterocycles. The van der Waals surface area contributed by atoms with E-state index in [1.165, 1.54) is 18.2 Å². The van der Waals surface area contributed by atoms with E-state index in [4.69, 9.17) is 20.2 Å². The fourth-order valence-corrected chi connectivity index (χ4v) is 2.43. The Balaban J connectivity index is 2.27. The molecule has 20 heavy (non-hydrogen) atoms. The highest BCUT2D eigenvalue weighted by Gasteiger charge is 2.25. The first kappa shape index (κ1) is 15.1. The van der Waals surface area contributed by atoms with Crippen LogP contribution < -0.4 is 4.74 Å². The average Bonchev–Trinajstić information content (AvgIpc) is 3.19. The van der Waals surface area contributed by atoms with Gasteiger partial charge in [0.2, 0.25) is 0 Å². The number of hydrogen-bond acceptors (Lipinski definition) is 5. The van der Waals surface area contributed by atoms with Crippen LogP contribution in [0.3, 0.4) is 0 Å². The number of rotatable bonds is 6. The summed E-state index contributed by atoms with van der Waals surface area (Å²) in [5.41, 5.74) is 0.0780. The van der Waals surface area contributed by atoms with Crippen molar-refractivity contribution in [3.05, 3.63) is 23.8 Å². The minimum absolute atomic E-state index is 0.0780. The molecule has 0 atom stereocenters. The van der Waals surface area contributed by atoms with E-state index in [0.717, 1.165) is 12.8 Å². The Bertz CT molecular complexity index is 607. The zero-order chi connectivity index (χ0) is 14.8. The van der Waals surface area contributed by atoms with Gasteiger partial charge in [0, 0.05) is 10.7 Å². The molecule has 2 rings (SSSR count). The monoisotopic (exact) mass is 318 g/mol. The molecule has 110 valence electrons. The molecule has 0 aliphatic heterocycles. The van der Waals surface area contributed by atoms with E-state index in [0.29, 0.717) is 19.1 Å². The van der Waals surface area contributed by atoms with Gasteiger partial charge in [0.05, 0.1) is 18.1 Å². The minimum Gasteiger partial charge on any atom is -0.493 e. The van der Waals surface area contributed by atoms with Crippen LogP contribution in [-0.2, 0) is 13.8 Å². The lowest BCUT2D eigenvalue weighted by Gasteiger charge is -2.11. The summed E-state index contributed by atoms with van der Waals surface area (Å²) in [4.78, 5) is 11.9. The topological polar surface area (TPSA) is 69.7 Å².